The van der Waals surface area contributed by atoms with Crippen molar-refractivity contribution in [1.82, 2.24) is 9.61 Å². The average molecular weight is 414 g/mol. The van der Waals surface area contributed by atoms with Crippen LogP contribution in [0.1, 0.15) is 19.4 Å². The van der Waals surface area contributed by atoms with E-state index < -0.39 is 5.60 Å². The summed E-state index contributed by atoms with van der Waals surface area (Å²) in [6, 6.07) is 17.0. The molecule has 0 amide bonds. The van der Waals surface area contributed by atoms with Gasteiger partial charge >= 0.3 is 0 Å². The summed E-state index contributed by atoms with van der Waals surface area (Å²) in [5.74, 6) is 1.93. The van der Waals surface area contributed by atoms with E-state index in [9.17, 15) is 5.11 Å². The predicted molar refractivity (Wildman–Crippen MR) is 119 cm³/mol. The molecule has 0 aliphatic carbocycles. The number of nitrogens with zero attached hydrogens (tertiary/aromatic N) is 3. The zero-order valence-corrected chi connectivity index (χ0v) is 17.5. The first kappa shape index (κ1) is 20.3. The predicted octanol–water partition coefficient (Wildman–Crippen LogP) is 5.66. The molecule has 0 unspecified atom stereocenters. The number of hydrogen-bond donors (Lipinski definition) is 2. The van der Waals surface area contributed by atoms with E-state index in [0.29, 0.717) is 34.0 Å². The Morgan fingerprint density at radius 1 is 1.06 bits per heavy atom. The van der Waals surface area contributed by atoms with Crippen molar-refractivity contribution in [1.29, 1.82) is 0 Å². The summed E-state index contributed by atoms with van der Waals surface area (Å²) in [6.45, 7) is 10.9. The third-order valence-corrected chi connectivity index (χ3v) is 4.82. The standard InChI is InChI=1S/C24H22N4O3/c1-24(2,29)19-15-28-22(23(19)30-4)21(20(25-3)14-26-28)27-16-10-12-18(13-11-16)31-17-8-6-5-7-9-17/h5-15,27,29H,1-2,4H3. The third-order valence-electron chi connectivity index (χ3n) is 4.82. The molecule has 2 aromatic heterocycles. The Kier molecular flexibility index (Phi) is 5.24. The number of para-hydroxylation sites is 1. The van der Waals surface area contributed by atoms with Crippen LogP contribution in [-0.2, 0) is 5.60 Å². The van der Waals surface area contributed by atoms with Crippen LogP contribution in [0.15, 0.2) is 67.0 Å². The number of rotatable bonds is 6. The molecule has 7 nitrogen and oxygen atoms in total. The van der Waals surface area contributed by atoms with E-state index in [1.54, 1.807) is 24.6 Å². The van der Waals surface area contributed by atoms with Crippen molar-refractivity contribution >= 4 is 22.6 Å². The minimum atomic E-state index is -1.13. The number of fused-ring (bicyclic) bond motifs is 1. The first-order chi connectivity index (χ1) is 14.9. The monoisotopic (exact) mass is 414 g/mol. The van der Waals surface area contributed by atoms with Gasteiger partial charge in [0.25, 0.3) is 0 Å². The fraction of sp³-hybridized carbons (Fsp3) is 0.167. The molecule has 156 valence electrons. The second-order valence-electron chi connectivity index (χ2n) is 7.51. The molecular formula is C24H22N4O3. The van der Waals surface area contributed by atoms with Crippen molar-refractivity contribution < 1.29 is 14.6 Å². The van der Waals surface area contributed by atoms with E-state index in [1.165, 1.54) is 13.3 Å². The number of ether oxygens (including phenoxy) is 2. The van der Waals surface area contributed by atoms with Crippen molar-refractivity contribution in [2.24, 2.45) is 0 Å². The quantitative estimate of drug-likeness (QED) is 0.399. The summed E-state index contributed by atoms with van der Waals surface area (Å²) in [6.07, 6.45) is 3.20. The lowest BCUT2D eigenvalue weighted by Gasteiger charge is -2.17. The maximum absolute atomic E-state index is 10.5. The lowest BCUT2D eigenvalue weighted by Crippen LogP contribution is -2.15. The van der Waals surface area contributed by atoms with Gasteiger partial charge in [-0.25, -0.2) is 9.36 Å². The molecular weight excluding hydrogens is 392 g/mol. The van der Waals surface area contributed by atoms with Gasteiger partial charge in [-0.05, 0) is 50.2 Å². The molecule has 2 N–H and O–H groups in total. The molecule has 2 heterocycles. The molecule has 2 aromatic carbocycles. The number of hydrogen-bond acceptors (Lipinski definition) is 5. The molecule has 4 rings (SSSR count). The van der Waals surface area contributed by atoms with Gasteiger partial charge in [0.15, 0.2) is 5.75 Å². The number of aromatic nitrogens is 2. The second-order valence-corrected chi connectivity index (χ2v) is 7.51. The molecule has 0 atom stereocenters. The zero-order valence-electron chi connectivity index (χ0n) is 17.5. The summed E-state index contributed by atoms with van der Waals surface area (Å²) in [5.41, 5.74) is 1.69. The smallest absolute Gasteiger partial charge is 0.231 e. The van der Waals surface area contributed by atoms with Crippen molar-refractivity contribution in [2.45, 2.75) is 19.4 Å². The average Bonchev–Trinajstić information content (AvgIpc) is 3.16. The van der Waals surface area contributed by atoms with E-state index in [0.717, 1.165) is 11.4 Å². The summed E-state index contributed by atoms with van der Waals surface area (Å²) in [4.78, 5) is 3.61. The molecule has 31 heavy (non-hydrogen) atoms. The van der Waals surface area contributed by atoms with E-state index in [2.05, 4.69) is 15.3 Å². The second kappa shape index (κ2) is 8.01. The van der Waals surface area contributed by atoms with Gasteiger partial charge in [0.05, 0.1) is 31.2 Å². The first-order valence-electron chi connectivity index (χ1n) is 9.69. The molecule has 0 aliphatic heterocycles. The molecule has 0 spiro atoms. The highest BCUT2D eigenvalue weighted by Gasteiger charge is 2.27. The summed E-state index contributed by atoms with van der Waals surface area (Å²) in [7, 11) is 1.54. The number of aliphatic hydroxyl groups is 1. The van der Waals surface area contributed by atoms with Crippen LogP contribution >= 0.6 is 0 Å². The maximum atomic E-state index is 10.5. The molecule has 0 saturated carbocycles. The number of benzene rings is 2. The van der Waals surface area contributed by atoms with Gasteiger partial charge in [-0.3, -0.25) is 0 Å². The minimum Gasteiger partial charge on any atom is -0.494 e. The normalized spacial score (nSPS) is 11.2. The molecule has 0 bridgehead atoms. The van der Waals surface area contributed by atoms with Crippen molar-refractivity contribution in [3.63, 3.8) is 0 Å². The van der Waals surface area contributed by atoms with Crippen molar-refractivity contribution in [2.75, 3.05) is 12.4 Å². The third kappa shape index (κ3) is 4.02. The molecule has 0 fully saturated rings. The van der Waals surface area contributed by atoms with Crippen molar-refractivity contribution in [3.05, 3.63) is 84.0 Å². The highest BCUT2D eigenvalue weighted by atomic mass is 16.5. The zero-order chi connectivity index (χ0) is 22.0. The van der Waals surface area contributed by atoms with Crippen LogP contribution in [0.25, 0.3) is 10.4 Å². The summed E-state index contributed by atoms with van der Waals surface area (Å²) < 4.78 is 13.0. The largest absolute Gasteiger partial charge is 0.494 e. The number of nitrogens with one attached hydrogen (secondary N) is 1. The van der Waals surface area contributed by atoms with Gasteiger partial charge in [-0.2, -0.15) is 5.10 Å². The number of anilines is 2. The Hall–Kier alpha value is -4.02. The summed E-state index contributed by atoms with van der Waals surface area (Å²) in [5, 5.41) is 18.2. The van der Waals surface area contributed by atoms with Gasteiger partial charge in [0.2, 0.25) is 5.69 Å². The van der Waals surface area contributed by atoms with Gasteiger partial charge in [0.1, 0.15) is 17.0 Å². The molecule has 7 heteroatoms. The molecule has 0 saturated heterocycles. The van der Waals surface area contributed by atoms with Gasteiger partial charge in [-0.15, -0.1) is 0 Å². The lowest BCUT2D eigenvalue weighted by atomic mass is 10.0. The van der Waals surface area contributed by atoms with E-state index in [1.807, 2.05) is 54.6 Å². The molecule has 0 aliphatic rings. The number of methoxy groups -OCH3 is 1. The van der Waals surface area contributed by atoms with Crippen LogP contribution < -0.4 is 14.8 Å². The molecule has 4 aromatic rings. The Morgan fingerprint density at radius 2 is 1.74 bits per heavy atom. The Labute approximate surface area is 180 Å². The van der Waals surface area contributed by atoms with Crippen LogP contribution in [0.2, 0.25) is 0 Å². The fourth-order valence-electron chi connectivity index (χ4n) is 3.32. The van der Waals surface area contributed by atoms with Crippen LogP contribution in [-0.4, -0.2) is 21.8 Å². The fourth-order valence-corrected chi connectivity index (χ4v) is 3.32. The van der Waals surface area contributed by atoms with Crippen LogP contribution in [0.4, 0.5) is 17.1 Å². The van der Waals surface area contributed by atoms with Gasteiger partial charge in [-0.1, -0.05) is 18.2 Å². The van der Waals surface area contributed by atoms with Gasteiger partial charge < -0.3 is 19.9 Å². The first-order valence-corrected chi connectivity index (χ1v) is 9.69. The van der Waals surface area contributed by atoms with Crippen LogP contribution in [0.5, 0.6) is 17.2 Å². The van der Waals surface area contributed by atoms with E-state index in [4.69, 9.17) is 16.0 Å². The van der Waals surface area contributed by atoms with Crippen molar-refractivity contribution in [3.8, 4) is 17.2 Å². The Morgan fingerprint density at radius 3 is 2.35 bits per heavy atom. The highest BCUT2D eigenvalue weighted by molar-refractivity contribution is 5.92. The summed E-state index contributed by atoms with van der Waals surface area (Å²) >= 11 is 0. The SMILES string of the molecule is [C-]#[N+]c1cnn2cc(C(C)(C)O)c(OC)c2c1Nc1ccc(Oc2ccccc2)cc1. The topological polar surface area (TPSA) is 72.4 Å². The minimum absolute atomic E-state index is 0.343. The molecule has 0 radical (unpaired) electrons. The highest BCUT2D eigenvalue weighted by Crippen LogP contribution is 2.42. The van der Waals surface area contributed by atoms with Gasteiger partial charge in [0, 0.05) is 17.4 Å². The van der Waals surface area contributed by atoms with E-state index in [-0.39, 0.29) is 0 Å². The lowest BCUT2D eigenvalue weighted by molar-refractivity contribution is 0.0760. The Balaban J connectivity index is 1.72. The van der Waals surface area contributed by atoms with Crippen LogP contribution in [0.3, 0.4) is 0 Å². The maximum Gasteiger partial charge on any atom is 0.231 e. The Bertz CT molecular complexity index is 1250. The van der Waals surface area contributed by atoms with Crippen LogP contribution in [0, 0.1) is 6.57 Å². The van der Waals surface area contributed by atoms with E-state index >= 15 is 0 Å².